The number of methoxy groups -OCH3 is 1. The fourth-order valence-corrected chi connectivity index (χ4v) is 2.86. The van der Waals surface area contributed by atoms with Crippen LogP contribution in [0, 0.1) is 6.92 Å². The number of nitrogens with one attached hydrogen (secondary N) is 1. The van der Waals surface area contributed by atoms with Gasteiger partial charge in [0.2, 0.25) is 0 Å². The summed E-state index contributed by atoms with van der Waals surface area (Å²) in [6.07, 6.45) is 0. The van der Waals surface area contributed by atoms with Crippen molar-refractivity contribution in [3.63, 3.8) is 0 Å². The Hall–Kier alpha value is -1.32. The van der Waals surface area contributed by atoms with E-state index in [2.05, 4.69) is 59.4 Å². The summed E-state index contributed by atoms with van der Waals surface area (Å²) >= 11 is 3.66. The zero-order valence-corrected chi connectivity index (χ0v) is 13.7. The molecule has 0 saturated carbocycles. The van der Waals surface area contributed by atoms with Gasteiger partial charge in [0, 0.05) is 10.0 Å². The van der Waals surface area contributed by atoms with Gasteiger partial charge in [0.05, 0.1) is 13.2 Å². The molecule has 0 aliphatic rings. The molecule has 2 nitrogen and oxygen atoms in total. The van der Waals surface area contributed by atoms with Crippen LogP contribution in [0.25, 0.3) is 0 Å². The molecular weight excluding hydrogens is 314 g/mol. The van der Waals surface area contributed by atoms with Gasteiger partial charge in [-0.05, 0) is 31.2 Å². The highest BCUT2D eigenvalue weighted by Crippen LogP contribution is 2.34. The van der Waals surface area contributed by atoms with Crippen molar-refractivity contribution in [2.75, 3.05) is 13.7 Å². The van der Waals surface area contributed by atoms with E-state index in [4.69, 9.17) is 4.74 Å². The number of rotatable bonds is 5. The van der Waals surface area contributed by atoms with E-state index in [-0.39, 0.29) is 6.04 Å². The van der Waals surface area contributed by atoms with Gasteiger partial charge in [-0.15, -0.1) is 0 Å². The van der Waals surface area contributed by atoms with Gasteiger partial charge in [-0.1, -0.05) is 58.7 Å². The van der Waals surface area contributed by atoms with Crippen molar-refractivity contribution in [1.82, 2.24) is 5.32 Å². The minimum atomic E-state index is 0.116. The van der Waals surface area contributed by atoms with Crippen molar-refractivity contribution in [1.29, 1.82) is 0 Å². The Morgan fingerprint density at radius 1 is 1.15 bits per heavy atom. The second-order valence-electron chi connectivity index (χ2n) is 4.76. The number of ether oxygens (including phenoxy) is 1. The molecule has 0 amide bonds. The summed E-state index contributed by atoms with van der Waals surface area (Å²) in [5.41, 5.74) is 3.64. The van der Waals surface area contributed by atoms with Gasteiger partial charge in [-0.2, -0.15) is 0 Å². The summed E-state index contributed by atoms with van der Waals surface area (Å²) in [6, 6.07) is 14.7. The predicted molar refractivity (Wildman–Crippen MR) is 87.4 cm³/mol. The third-order valence-corrected chi connectivity index (χ3v) is 4.04. The molecule has 0 aromatic heterocycles. The Morgan fingerprint density at radius 2 is 1.90 bits per heavy atom. The molecule has 2 rings (SSSR count). The Kier molecular flexibility index (Phi) is 5.21. The van der Waals surface area contributed by atoms with Gasteiger partial charge >= 0.3 is 0 Å². The molecule has 0 fully saturated rings. The molecule has 1 atom stereocenters. The lowest BCUT2D eigenvalue weighted by Gasteiger charge is -2.22. The number of halogens is 1. The molecular formula is C17H20BrNO. The lowest BCUT2D eigenvalue weighted by Crippen LogP contribution is -2.23. The minimum Gasteiger partial charge on any atom is -0.496 e. The molecule has 20 heavy (non-hydrogen) atoms. The molecule has 2 aromatic rings. The molecule has 0 aliphatic heterocycles. The summed E-state index contributed by atoms with van der Waals surface area (Å²) in [4.78, 5) is 0. The van der Waals surface area contributed by atoms with E-state index in [1.54, 1.807) is 7.11 Å². The molecule has 0 bridgehead atoms. The highest BCUT2D eigenvalue weighted by molar-refractivity contribution is 9.10. The van der Waals surface area contributed by atoms with Crippen molar-refractivity contribution in [2.45, 2.75) is 19.9 Å². The Labute approximate surface area is 129 Å². The lowest BCUT2D eigenvalue weighted by molar-refractivity contribution is 0.404. The van der Waals surface area contributed by atoms with E-state index in [0.29, 0.717) is 0 Å². The van der Waals surface area contributed by atoms with E-state index >= 15 is 0 Å². The minimum absolute atomic E-state index is 0.116. The van der Waals surface area contributed by atoms with Crippen LogP contribution < -0.4 is 10.1 Å². The van der Waals surface area contributed by atoms with Crippen LogP contribution in [0.3, 0.4) is 0 Å². The average Bonchev–Trinajstić information content (AvgIpc) is 2.47. The number of aryl methyl sites for hydroxylation is 1. The number of para-hydroxylation sites is 1. The van der Waals surface area contributed by atoms with E-state index in [0.717, 1.165) is 22.3 Å². The molecule has 1 unspecified atom stereocenters. The standard InChI is InChI=1S/C17H20BrNO/c1-4-19-17(13-7-5-6-8-16(13)20-3)14-11-12(2)9-10-15(14)18/h5-11,17,19H,4H2,1-3H3. The SMILES string of the molecule is CCNC(c1cc(C)ccc1Br)c1ccccc1OC. The predicted octanol–water partition coefficient (Wildman–Crippen LogP) is 4.47. The molecule has 1 N–H and O–H groups in total. The second-order valence-corrected chi connectivity index (χ2v) is 5.61. The Bertz CT molecular complexity index is 583. The van der Waals surface area contributed by atoms with Crippen LogP contribution >= 0.6 is 15.9 Å². The number of hydrogen-bond donors (Lipinski definition) is 1. The summed E-state index contributed by atoms with van der Waals surface area (Å²) in [7, 11) is 1.72. The zero-order chi connectivity index (χ0) is 14.5. The molecule has 0 heterocycles. The number of hydrogen-bond acceptors (Lipinski definition) is 2. The molecule has 0 radical (unpaired) electrons. The molecule has 3 heteroatoms. The summed E-state index contributed by atoms with van der Waals surface area (Å²) < 4.78 is 6.62. The van der Waals surface area contributed by atoms with Crippen molar-refractivity contribution >= 4 is 15.9 Å². The van der Waals surface area contributed by atoms with Crippen LogP contribution in [-0.2, 0) is 0 Å². The van der Waals surface area contributed by atoms with Crippen molar-refractivity contribution in [3.05, 3.63) is 63.6 Å². The van der Waals surface area contributed by atoms with Gasteiger partial charge in [0.1, 0.15) is 5.75 Å². The highest BCUT2D eigenvalue weighted by Gasteiger charge is 2.19. The fourth-order valence-electron chi connectivity index (χ4n) is 2.38. The maximum atomic E-state index is 5.51. The van der Waals surface area contributed by atoms with E-state index in [9.17, 15) is 0 Å². The van der Waals surface area contributed by atoms with Gasteiger partial charge < -0.3 is 10.1 Å². The molecule has 0 aliphatic carbocycles. The third-order valence-electron chi connectivity index (χ3n) is 3.32. The van der Waals surface area contributed by atoms with Crippen LogP contribution in [0.2, 0.25) is 0 Å². The van der Waals surface area contributed by atoms with E-state index < -0.39 is 0 Å². The first-order valence-electron chi connectivity index (χ1n) is 6.79. The van der Waals surface area contributed by atoms with Crippen LogP contribution in [-0.4, -0.2) is 13.7 Å². The highest BCUT2D eigenvalue weighted by atomic mass is 79.9. The first kappa shape index (κ1) is 15.1. The molecule has 0 spiro atoms. The van der Waals surface area contributed by atoms with Gasteiger partial charge in [0.15, 0.2) is 0 Å². The molecule has 106 valence electrons. The lowest BCUT2D eigenvalue weighted by atomic mass is 9.96. The van der Waals surface area contributed by atoms with Gasteiger partial charge in [0.25, 0.3) is 0 Å². The first-order chi connectivity index (χ1) is 9.67. The first-order valence-corrected chi connectivity index (χ1v) is 7.59. The summed E-state index contributed by atoms with van der Waals surface area (Å²) in [5, 5.41) is 3.55. The van der Waals surface area contributed by atoms with E-state index in [1.165, 1.54) is 11.1 Å². The molecule has 2 aromatic carbocycles. The fraction of sp³-hybridized carbons (Fsp3) is 0.294. The normalized spacial score (nSPS) is 12.2. The molecule has 0 saturated heterocycles. The second kappa shape index (κ2) is 6.91. The van der Waals surface area contributed by atoms with Crippen molar-refractivity contribution in [2.24, 2.45) is 0 Å². The maximum Gasteiger partial charge on any atom is 0.123 e. The summed E-state index contributed by atoms with van der Waals surface area (Å²) in [5.74, 6) is 0.909. The topological polar surface area (TPSA) is 21.3 Å². The van der Waals surface area contributed by atoms with E-state index in [1.807, 2.05) is 18.2 Å². The van der Waals surface area contributed by atoms with Gasteiger partial charge in [-0.25, -0.2) is 0 Å². The van der Waals surface area contributed by atoms with Crippen LogP contribution in [0.4, 0.5) is 0 Å². The monoisotopic (exact) mass is 333 g/mol. The maximum absolute atomic E-state index is 5.51. The largest absolute Gasteiger partial charge is 0.496 e. The Morgan fingerprint density at radius 3 is 2.60 bits per heavy atom. The summed E-state index contributed by atoms with van der Waals surface area (Å²) in [6.45, 7) is 5.12. The van der Waals surface area contributed by atoms with Gasteiger partial charge in [-0.3, -0.25) is 0 Å². The quantitative estimate of drug-likeness (QED) is 0.871. The van der Waals surface area contributed by atoms with Crippen LogP contribution in [0.1, 0.15) is 29.7 Å². The smallest absolute Gasteiger partial charge is 0.123 e. The van der Waals surface area contributed by atoms with Crippen molar-refractivity contribution in [3.8, 4) is 5.75 Å². The third kappa shape index (κ3) is 3.22. The Balaban J connectivity index is 2.53. The zero-order valence-electron chi connectivity index (χ0n) is 12.1. The van der Waals surface area contributed by atoms with Crippen LogP contribution in [0.15, 0.2) is 46.9 Å². The van der Waals surface area contributed by atoms with Crippen LogP contribution in [0.5, 0.6) is 5.75 Å². The average molecular weight is 334 g/mol. The number of benzene rings is 2. The van der Waals surface area contributed by atoms with Crippen molar-refractivity contribution < 1.29 is 4.74 Å².